The lowest BCUT2D eigenvalue weighted by molar-refractivity contribution is -0.119. The minimum Gasteiger partial charge on any atom is -0.352 e. The van der Waals surface area contributed by atoms with Crippen LogP contribution in [0, 0.1) is 12.8 Å². The summed E-state index contributed by atoms with van der Waals surface area (Å²) < 4.78 is 5.39. The van der Waals surface area contributed by atoms with Gasteiger partial charge in [0, 0.05) is 37.0 Å². The first-order valence-electron chi connectivity index (χ1n) is 7.59. The van der Waals surface area contributed by atoms with Crippen molar-refractivity contribution in [3.63, 3.8) is 0 Å². The van der Waals surface area contributed by atoms with E-state index in [1.54, 1.807) is 0 Å². The largest absolute Gasteiger partial charge is 0.352 e. The topological polar surface area (TPSA) is 71.3 Å². The number of hydrogen-bond acceptors (Lipinski definition) is 5. The molecule has 0 radical (unpaired) electrons. The number of aromatic nitrogens is 2. The van der Waals surface area contributed by atoms with Crippen LogP contribution in [0.4, 0.5) is 0 Å². The lowest BCUT2D eigenvalue weighted by Crippen LogP contribution is -2.32. The molecule has 0 saturated carbocycles. The van der Waals surface area contributed by atoms with Gasteiger partial charge in [0.1, 0.15) is 0 Å². The van der Waals surface area contributed by atoms with E-state index in [0.29, 0.717) is 30.6 Å². The van der Waals surface area contributed by atoms with Crippen LogP contribution in [-0.4, -0.2) is 40.1 Å². The van der Waals surface area contributed by atoms with Gasteiger partial charge in [0.25, 0.3) is 0 Å². The summed E-state index contributed by atoms with van der Waals surface area (Å²) in [7, 11) is 0. The minimum atomic E-state index is 0.175. The second kappa shape index (κ2) is 5.21. The number of carbonyl (C=O) groups excluding carboxylic acids is 1. The van der Waals surface area contributed by atoms with Crippen LogP contribution >= 0.6 is 0 Å². The summed E-state index contributed by atoms with van der Waals surface area (Å²) >= 11 is 0. The van der Waals surface area contributed by atoms with Crippen LogP contribution in [0.1, 0.15) is 17.9 Å². The molecule has 2 aliphatic heterocycles. The average molecular weight is 298 g/mol. The Morgan fingerprint density at radius 2 is 2.23 bits per heavy atom. The van der Waals surface area contributed by atoms with Gasteiger partial charge < -0.3 is 9.84 Å². The van der Waals surface area contributed by atoms with E-state index >= 15 is 0 Å². The molecular formula is C16H18N4O2. The van der Waals surface area contributed by atoms with Gasteiger partial charge in [-0.15, -0.1) is 0 Å². The fraction of sp³-hybridized carbons (Fsp3) is 0.438. The third-order valence-corrected chi connectivity index (χ3v) is 4.52. The van der Waals surface area contributed by atoms with E-state index in [2.05, 4.69) is 20.4 Å². The van der Waals surface area contributed by atoms with Crippen LogP contribution in [0.5, 0.6) is 0 Å². The van der Waals surface area contributed by atoms with Crippen molar-refractivity contribution in [3.8, 4) is 11.4 Å². The molecule has 114 valence electrons. The van der Waals surface area contributed by atoms with E-state index < -0.39 is 0 Å². The fourth-order valence-corrected chi connectivity index (χ4v) is 3.41. The average Bonchev–Trinajstić information content (AvgIpc) is 3.15. The Balaban J connectivity index is 1.45. The van der Waals surface area contributed by atoms with E-state index in [0.717, 1.165) is 24.2 Å². The highest BCUT2D eigenvalue weighted by Crippen LogP contribution is 2.27. The van der Waals surface area contributed by atoms with E-state index in [4.69, 9.17) is 4.52 Å². The fourth-order valence-electron chi connectivity index (χ4n) is 3.41. The Labute approximate surface area is 128 Å². The van der Waals surface area contributed by atoms with Crippen molar-refractivity contribution in [2.75, 3.05) is 13.1 Å². The number of aryl methyl sites for hydroxylation is 1. The zero-order valence-corrected chi connectivity index (χ0v) is 12.5. The van der Waals surface area contributed by atoms with Crippen LogP contribution in [0.25, 0.3) is 11.4 Å². The highest BCUT2D eigenvalue weighted by atomic mass is 16.5. The van der Waals surface area contributed by atoms with Gasteiger partial charge in [-0.2, -0.15) is 4.98 Å². The minimum absolute atomic E-state index is 0.175. The van der Waals surface area contributed by atoms with Crippen molar-refractivity contribution < 1.29 is 9.32 Å². The number of likely N-dealkylation sites (tertiary alicyclic amines) is 1. The number of carbonyl (C=O) groups is 1. The number of nitrogens with one attached hydrogen (secondary N) is 1. The number of rotatable bonds is 3. The first-order valence-corrected chi connectivity index (χ1v) is 7.59. The monoisotopic (exact) mass is 298 g/mol. The summed E-state index contributed by atoms with van der Waals surface area (Å²) in [5.74, 6) is 1.87. The van der Waals surface area contributed by atoms with Crippen molar-refractivity contribution >= 4 is 5.91 Å². The molecule has 1 aromatic heterocycles. The smallest absolute Gasteiger partial charge is 0.241 e. The molecule has 4 rings (SSSR count). The lowest BCUT2D eigenvalue weighted by atomic mass is 10.1. The highest BCUT2D eigenvalue weighted by Gasteiger charge is 2.40. The standard InChI is InChI=1S/C16H18N4O2/c1-10-4-2-3-5-12(10)16-18-15(22-19-16)9-20-7-11-6-14(21)17-13(11)8-20/h2-5,11,13H,6-9H2,1H3,(H,17,21)/t11-,13+/m0/s1. The van der Waals surface area contributed by atoms with Crippen LogP contribution in [0.2, 0.25) is 0 Å². The Morgan fingerprint density at radius 1 is 1.36 bits per heavy atom. The Hall–Kier alpha value is -2.21. The van der Waals surface area contributed by atoms with Gasteiger partial charge in [0.15, 0.2) is 0 Å². The molecule has 1 aromatic carbocycles. The molecule has 2 fully saturated rings. The number of nitrogens with zero attached hydrogens (tertiary/aromatic N) is 3. The molecule has 1 N–H and O–H groups in total. The first kappa shape index (κ1) is 13.5. The molecule has 2 atom stereocenters. The third kappa shape index (κ3) is 2.39. The molecule has 0 spiro atoms. The summed E-state index contributed by atoms with van der Waals surface area (Å²) in [6.45, 7) is 4.45. The molecule has 2 aliphatic rings. The van der Waals surface area contributed by atoms with Crippen LogP contribution < -0.4 is 5.32 Å². The summed E-state index contributed by atoms with van der Waals surface area (Å²) in [4.78, 5) is 18.1. The van der Waals surface area contributed by atoms with Crippen molar-refractivity contribution in [2.24, 2.45) is 5.92 Å². The quantitative estimate of drug-likeness (QED) is 0.926. The summed E-state index contributed by atoms with van der Waals surface area (Å²) in [5, 5.41) is 7.11. The zero-order valence-electron chi connectivity index (χ0n) is 12.5. The van der Waals surface area contributed by atoms with Gasteiger partial charge in [0.2, 0.25) is 17.6 Å². The molecule has 6 nitrogen and oxygen atoms in total. The summed E-state index contributed by atoms with van der Waals surface area (Å²) in [6.07, 6.45) is 0.638. The van der Waals surface area contributed by atoms with E-state index in [1.165, 1.54) is 0 Å². The van der Waals surface area contributed by atoms with Gasteiger partial charge in [-0.25, -0.2) is 0 Å². The summed E-state index contributed by atoms with van der Waals surface area (Å²) in [5.41, 5.74) is 2.14. The van der Waals surface area contributed by atoms with E-state index in [9.17, 15) is 4.79 Å². The maximum absolute atomic E-state index is 11.3. The van der Waals surface area contributed by atoms with Crippen molar-refractivity contribution in [1.82, 2.24) is 20.4 Å². The summed E-state index contributed by atoms with van der Waals surface area (Å²) in [6, 6.07) is 8.29. The van der Waals surface area contributed by atoms with E-state index in [-0.39, 0.29) is 11.9 Å². The van der Waals surface area contributed by atoms with Crippen molar-refractivity contribution in [3.05, 3.63) is 35.7 Å². The van der Waals surface area contributed by atoms with Crippen LogP contribution in [-0.2, 0) is 11.3 Å². The van der Waals surface area contributed by atoms with Crippen molar-refractivity contribution in [1.29, 1.82) is 0 Å². The molecular weight excluding hydrogens is 280 g/mol. The molecule has 6 heteroatoms. The Bertz CT molecular complexity index is 696. The second-order valence-electron chi connectivity index (χ2n) is 6.16. The number of amides is 1. The molecule has 0 aliphatic carbocycles. The van der Waals surface area contributed by atoms with Gasteiger partial charge >= 0.3 is 0 Å². The predicted molar refractivity (Wildman–Crippen MR) is 79.8 cm³/mol. The maximum atomic E-state index is 11.3. The number of benzene rings is 1. The lowest BCUT2D eigenvalue weighted by Gasteiger charge is -2.13. The normalized spacial score (nSPS) is 24.5. The van der Waals surface area contributed by atoms with Gasteiger partial charge in [-0.1, -0.05) is 29.4 Å². The third-order valence-electron chi connectivity index (χ3n) is 4.52. The second-order valence-corrected chi connectivity index (χ2v) is 6.16. The molecule has 2 saturated heterocycles. The van der Waals surface area contributed by atoms with E-state index in [1.807, 2.05) is 31.2 Å². The maximum Gasteiger partial charge on any atom is 0.241 e. The molecule has 0 unspecified atom stereocenters. The van der Waals surface area contributed by atoms with Gasteiger partial charge in [-0.05, 0) is 12.5 Å². The van der Waals surface area contributed by atoms with Gasteiger partial charge in [-0.3, -0.25) is 9.69 Å². The van der Waals surface area contributed by atoms with Gasteiger partial charge in [0.05, 0.1) is 6.54 Å². The van der Waals surface area contributed by atoms with Crippen LogP contribution in [0.15, 0.2) is 28.8 Å². The molecule has 22 heavy (non-hydrogen) atoms. The SMILES string of the molecule is Cc1ccccc1-c1noc(CN2C[C@@H]3CC(=O)N[C@@H]3C2)n1. The molecule has 2 aromatic rings. The van der Waals surface area contributed by atoms with Crippen molar-refractivity contribution in [2.45, 2.75) is 25.9 Å². The molecule has 3 heterocycles. The number of hydrogen-bond donors (Lipinski definition) is 1. The first-order chi connectivity index (χ1) is 10.7. The Kier molecular flexibility index (Phi) is 3.18. The van der Waals surface area contributed by atoms with Crippen LogP contribution in [0.3, 0.4) is 0 Å². The highest BCUT2D eigenvalue weighted by molar-refractivity contribution is 5.79. The predicted octanol–water partition coefficient (Wildman–Crippen LogP) is 1.37. The number of fused-ring (bicyclic) bond motifs is 1. The Morgan fingerprint density at radius 3 is 3.05 bits per heavy atom. The molecule has 0 bridgehead atoms. The molecule has 1 amide bonds. The zero-order chi connectivity index (χ0) is 15.1.